The fourth-order valence-corrected chi connectivity index (χ4v) is 1.74. The van der Waals surface area contributed by atoms with Crippen LogP contribution >= 0.6 is 27.5 Å². The first-order valence-corrected chi connectivity index (χ1v) is 5.79. The summed E-state index contributed by atoms with van der Waals surface area (Å²) in [5, 5.41) is 5.57. The molecule has 0 unspecified atom stereocenters. The van der Waals surface area contributed by atoms with Crippen LogP contribution in [-0.2, 0) is 6.42 Å². The topological polar surface area (TPSA) is 55.7 Å². The monoisotopic (exact) mass is 283 g/mol. The molecule has 2 heterocycles. The number of halogens is 1. The van der Waals surface area contributed by atoms with E-state index in [-0.39, 0.29) is 12.2 Å². The van der Waals surface area contributed by atoms with Crippen molar-refractivity contribution in [2.24, 2.45) is 0 Å². The van der Waals surface area contributed by atoms with Gasteiger partial charge in [-0.3, -0.25) is 9.78 Å². The second kappa shape index (κ2) is 4.59. The van der Waals surface area contributed by atoms with E-state index in [2.05, 4.69) is 30.5 Å². The first-order chi connectivity index (χ1) is 7.25. The molecule has 0 saturated heterocycles. The molecule has 15 heavy (non-hydrogen) atoms. The van der Waals surface area contributed by atoms with Crippen molar-refractivity contribution < 1.29 is 4.79 Å². The molecular weight excluding hydrogens is 278 g/mol. The lowest BCUT2D eigenvalue weighted by atomic mass is 10.2. The molecule has 2 aromatic heterocycles. The lowest BCUT2D eigenvalue weighted by molar-refractivity contribution is 0.0987. The molecule has 0 saturated carbocycles. The fraction of sp³-hybridized carbons (Fsp3) is 0.111. The van der Waals surface area contributed by atoms with Gasteiger partial charge in [0.2, 0.25) is 0 Å². The third-order valence-electron chi connectivity index (χ3n) is 1.76. The van der Waals surface area contributed by atoms with E-state index in [1.54, 1.807) is 23.7 Å². The van der Waals surface area contributed by atoms with Gasteiger partial charge in [-0.2, -0.15) is 0 Å². The highest BCUT2D eigenvalue weighted by Gasteiger charge is 2.09. The molecule has 0 aliphatic heterocycles. The van der Waals surface area contributed by atoms with E-state index < -0.39 is 0 Å². The Bertz CT molecular complexity index is 455. The van der Waals surface area contributed by atoms with Crippen molar-refractivity contribution in [2.75, 3.05) is 0 Å². The molecule has 0 amide bonds. The lowest BCUT2D eigenvalue weighted by Crippen LogP contribution is -2.05. The number of Topliss-reactive ketones (excluding diaryl/α,β-unsaturated/α-hetero) is 1. The Morgan fingerprint density at radius 2 is 2.33 bits per heavy atom. The average Bonchev–Trinajstić information content (AvgIpc) is 2.71. The number of rotatable bonds is 3. The Morgan fingerprint density at radius 3 is 2.93 bits per heavy atom. The summed E-state index contributed by atoms with van der Waals surface area (Å²) in [6.45, 7) is 0. The van der Waals surface area contributed by atoms with Gasteiger partial charge in [0.15, 0.2) is 5.78 Å². The van der Waals surface area contributed by atoms with E-state index >= 15 is 0 Å². The van der Waals surface area contributed by atoms with Crippen LogP contribution in [-0.4, -0.2) is 20.4 Å². The van der Waals surface area contributed by atoms with Crippen LogP contribution in [0.1, 0.15) is 16.2 Å². The van der Waals surface area contributed by atoms with Gasteiger partial charge in [-0.1, -0.05) is 4.49 Å². The normalized spacial score (nSPS) is 10.2. The Morgan fingerprint density at radius 1 is 1.47 bits per heavy atom. The molecule has 0 radical (unpaired) electrons. The second-order valence-electron chi connectivity index (χ2n) is 2.86. The van der Waals surface area contributed by atoms with Gasteiger partial charge in [0, 0.05) is 16.0 Å². The third-order valence-corrected chi connectivity index (χ3v) is 2.78. The van der Waals surface area contributed by atoms with Crippen LogP contribution in [0.15, 0.2) is 28.2 Å². The summed E-state index contributed by atoms with van der Waals surface area (Å²) in [6.07, 6.45) is 1.86. The third kappa shape index (κ3) is 2.66. The number of aromatic nitrogens is 3. The van der Waals surface area contributed by atoms with Crippen molar-refractivity contribution in [1.82, 2.24) is 14.6 Å². The minimum absolute atomic E-state index is 0.0461. The van der Waals surface area contributed by atoms with Gasteiger partial charge in [0.05, 0.1) is 12.1 Å². The van der Waals surface area contributed by atoms with Crippen molar-refractivity contribution in [3.8, 4) is 0 Å². The zero-order valence-corrected chi connectivity index (χ0v) is 9.96. The molecule has 6 heteroatoms. The average molecular weight is 284 g/mol. The predicted octanol–water partition coefficient (Wildman–Crippen LogP) is 2.12. The van der Waals surface area contributed by atoms with Gasteiger partial charge in [0.25, 0.3) is 0 Å². The number of carbonyl (C=O) groups is 1. The molecular formula is C9H6BrN3OS. The van der Waals surface area contributed by atoms with E-state index in [0.717, 1.165) is 4.47 Å². The molecule has 2 rings (SSSR count). The molecule has 0 N–H and O–H groups in total. The molecule has 0 atom stereocenters. The minimum Gasteiger partial charge on any atom is -0.292 e. The van der Waals surface area contributed by atoms with Gasteiger partial charge in [0.1, 0.15) is 5.69 Å². The van der Waals surface area contributed by atoms with Crippen molar-refractivity contribution >= 4 is 33.2 Å². The van der Waals surface area contributed by atoms with E-state index in [1.807, 2.05) is 0 Å². The maximum atomic E-state index is 11.7. The van der Waals surface area contributed by atoms with Crippen LogP contribution < -0.4 is 0 Å². The lowest BCUT2D eigenvalue weighted by Gasteiger charge is -1.97. The highest BCUT2D eigenvalue weighted by Crippen LogP contribution is 2.09. The quantitative estimate of drug-likeness (QED) is 0.810. The first kappa shape index (κ1) is 10.4. The van der Waals surface area contributed by atoms with Gasteiger partial charge in [-0.25, -0.2) is 0 Å². The Kier molecular flexibility index (Phi) is 3.17. The summed E-state index contributed by atoms with van der Waals surface area (Å²) < 4.78 is 4.55. The summed E-state index contributed by atoms with van der Waals surface area (Å²) in [7, 11) is 0. The SMILES string of the molecule is O=C(Cc1csnn1)c1ccc(Br)cn1. The summed E-state index contributed by atoms with van der Waals surface area (Å²) >= 11 is 4.50. The molecule has 0 aliphatic rings. The van der Waals surface area contributed by atoms with Crippen LogP contribution in [0, 0.1) is 0 Å². The predicted molar refractivity (Wildman–Crippen MR) is 59.9 cm³/mol. The largest absolute Gasteiger partial charge is 0.292 e. The number of nitrogens with zero attached hydrogens (tertiary/aromatic N) is 3. The molecule has 0 bridgehead atoms. The summed E-state index contributed by atoms with van der Waals surface area (Å²) in [6, 6.07) is 3.48. The number of pyridine rings is 1. The number of carbonyl (C=O) groups excluding carboxylic acids is 1. The van der Waals surface area contributed by atoms with Crippen LogP contribution in [0.3, 0.4) is 0 Å². The van der Waals surface area contributed by atoms with Crippen molar-refractivity contribution in [3.05, 3.63) is 39.6 Å². The van der Waals surface area contributed by atoms with E-state index in [9.17, 15) is 4.79 Å². The van der Waals surface area contributed by atoms with Gasteiger partial charge in [-0.15, -0.1) is 5.10 Å². The summed E-state index contributed by atoms with van der Waals surface area (Å²) in [5.74, 6) is -0.0461. The minimum atomic E-state index is -0.0461. The molecule has 0 spiro atoms. The van der Waals surface area contributed by atoms with E-state index in [0.29, 0.717) is 11.4 Å². The summed E-state index contributed by atoms with van der Waals surface area (Å²) in [4.78, 5) is 15.7. The Labute approximate surface area is 98.7 Å². The highest BCUT2D eigenvalue weighted by atomic mass is 79.9. The van der Waals surface area contributed by atoms with Crippen molar-refractivity contribution in [2.45, 2.75) is 6.42 Å². The Balaban J connectivity index is 2.11. The number of hydrogen-bond donors (Lipinski definition) is 0. The highest BCUT2D eigenvalue weighted by molar-refractivity contribution is 9.10. The zero-order valence-electron chi connectivity index (χ0n) is 7.55. The molecule has 0 fully saturated rings. The maximum Gasteiger partial charge on any atom is 0.187 e. The number of ketones is 1. The van der Waals surface area contributed by atoms with E-state index in [1.165, 1.54) is 11.5 Å². The fourth-order valence-electron chi connectivity index (χ4n) is 1.06. The van der Waals surface area contributed by atoms with Gasteiger partial charge >= 0.3 is 0 Å². The smallest absolute Gasteiger partial charge is 0.187 e. The van der Waals surface area contributed by atoms with Crippen molar-refractivity contribution in [1.29, 1.82) is 0 Å². The van der Waals surface area contributed by atoms with Crippen molar-refractivity contribution in [3.63, 3.8) is 0 Å². The first-order valence-electron chi connectivity index (χ1n) is 4.16. The molecule has 76 valence electrons. The molecule has 0 aromatic carbocycles. The van der Waals surface area contributed by atoms with Gasteiger partial charge in [-0.05, 0) is 39.6 Å². The van der Waals surface area contributed by atoms with Gasteiger partial charge < -0.3 is 0 Å². The summed E-state index contributed by atoms with van der Waals surface area (Å²) in [5.41, 5.74) is 1.14. The molecule has 2 aromatic rings. The number of hydrogen-bond acceptors (Lipinski definition) is 5. The van der Waals surface area contributed by atoms with Crippen LogP contribution in [0.25, 0.3) is 0 Å². The van der Waals surface area contributed by atoms with E-state index in [4.69, 9.17) is 0 Å². The second-order valence-corrected chi connectivity index (χ2v) is 4.38. The standard InChI is InChI=1S/C9H6BrN3OS/c10-6-1-2-8(11-4-6)9(14)3-7-5-15-13-12-7/h1-2,4-5H,3H2. The molecule has 0 aliphatic carbocycles. The van der Waals surface area contributed by atoms with Crippen LogP contribution in [0.2, 0.25) is 0 Å². The molecule has 4 nitrogen and oxygen atoms in total. The zero-order chi connectivity index (χ0) is 10.7. The Hall–Kier alpha value is -1.14. The van der Waals surface area contributed by atoms with Crippen LogP contribution in [0.5, 0.6) is 0 Å². The van der Waals surface area contributed by atoms with Crippen LogP contribution in [0.4, 0.5) is 0 Å². The maximum absolute atomic E-state index is 11.7.